The highest BCUT2D eigenvalue weighted by molar-refractivity contribution is 6.01. The van der Waals surface area contributed by atoms with Gasteiger partial charge in [0.25, 0.3) is 0 Å². The average molecular weight is 348 g/mol. The van der Waals surface area contributed by atoms with Crippen LogP contribution in [0, 0.1) is 5.92 Å². The summed E-state index contributed by atoms with van der Waals surface area (Å²) in [5.41, 5.74) is 3.00. The Bertz CT molecular complexity index is 803. The Morgan fingerprint density at radius 1 is 1.04 bits per heavy atom. The lowest BCUT2D eigenvalue weighted by atomic mass is 9.88. The molecule has 4 rings (SSSR count). The summed E-state index contributed by atoms with van der Waals surface area (Å²) in [6.45, 7) is 0. The molecule has 2 aromatic rings. The van der Waals surface area contributed by atoms with Crippen molar-refractivity contribution in [3.05, 3.63) is 65.7 Å². The van der Waals surface area contributed by atoms with Crippen molar-refractivity contribution in [1.82, 2.24) is 5.32 Å². The minimum Gasteiger partial charge on any atom is -0.353 e. The smallest absolute Gasteiger partial charge is 0.228 e. The van der Waals surface area contributed by atoms with Gasteiger partial charge < -0.3 is 10.6 Å². The van der Waals surface area contributed by atoms with Crippen molar-refractivity contribution in [3.63, 3.8) is 0 Å². The van der Waals surface area contributed by atoms with Gasteiger partial charge in [-0.15, -0.1) is 0 Å². The number of hydrogen-bond donors (Lipinski definition) is 2. The second kappa shape index (κ2) is 7.32. The summed E-state index contributed by atoms with van der Waals surface area (Å²) < 4.78 is 0. The van der Waals surface area contributed by atoms with Gasteiger partial charge in [0.2, 0.25) is 11.8 Å². The standard InChI is InChI=1S/C22H24N2O2/c25-21-14-18(17-10-4-5-11-20(17)23-21)22(26)24-19-12-6-9-16(19)13-15-7-2-1-3-8-15/h1-5,7-8,10-11,16,18-19H,6,9,12-14H2,(H,23,25)(H,24,26)/t16-,18+,19-/m1/s1. The summed E-state index contributed by atoms with van der Waals surface area (Å²) in [5.74, 6) is -0.0275. The van der Waals surface area contributed by atoms with Gasteiger partial charge in [-0.2, -0.15) is 0 Å². The molecule has 2 aliphatic rings. The molecule has 2 amide bonds. The van der Waals surface area contributed by atoms with Gasteiger partial charge in [-0.1, -0.05) is 55.0 Å². The molecule has 0 radical (unpaired) electrons. The van der Waals surface area contributed by atoms with Crippen molar-refractivity contribution in [1.29, 1.82) is 0 Å². The lowest BCUT2D eigenvalue weighted by molar-refractivity contribution is -0.127. The Hall–Kier alpha value is -2.62. The summed E-state index contributed by atoms with van der Waals surface area (Å²) in [7, 11) is 0. The molecule has 4 heteroatoms. The highest BCUT2D eigenvalue weighted by Gasteiger charge is 2.34. The van der Waals surface area contributed by atoms with E-state index in [1.54, 1.807) is 0 Å². The number of carbonyl (C=O) groups is 2. The maximum Gasteiger partial charge on any atom is 0.228 e. The zero-order chi connectivity index (χ0) is 17.9. The van der Waals surface area contributed by atoms with Crippen LogP contribution in [0.4, 0.5) is 5.69 Å². The van der Waals surface area contributed by atoms with Crippen molar-refractivity contribution >= 4 is 17.5 Å². The van der Waals surface area contributed by atoms with Crippen LogP contribution in [0.2, 0.25) is 0 Å². The Labute approximate surface area is 154 Å². The Kier molecular flexibility index (Phi) is 4.74. The molecule has 0 bridgehead atoms. The number of para-hydroxylation sites is 1. The first-order valence-electron chi connectivity index (χ1n) is 9.44. The molecule has 0 unspecified atom stereocenters. The van der Waals surface area contributed by atoms with Crippen LogP contribution in [-0.4, -0.2) is 17.9 Å². The molecule has 1 saturated carbocycles. The molecule has 1 heterocycles. The van der Waals surface area contributed by atoms with E-state index in [4.69, 9.17) is 0 Å². The molecule has 1 aliphatic carbocycles. The SMILES string of the molecule is O=C1C[C@H](C(=O)N[C@@H]2CCC[C@@H]2Cc2ccccc2)c2ccccc2N1. The van der Waals surface area contributed by atoms with Gasteiger partial charge in [0.15, 0.2) is 0 Å². The average Bonchev–Trinajstić information content (AvgIpc) is 3.08. The van der Waals surface area contributed by atoms with Crippen molar-refractivity contribution in [2.45, 2.75) is 44.1 Å². The van der Waals surface area contributed by atoms with Crippen LogP contribution in [0.25, 0.3) is 0 Å². The molecule has 0 aromatic heterocycles. The molecule has 2 aromatic carbocycles. The molecule has 4 nitrogen and oxygen atoms in total. The van der Waals surface area contributed by atoms with Crippen molar-refractivity contribution < 1.29 is 9.59 Å². The maximum atomic E-state index is 13.0. The van der Waals surface area contributed by atoms with E-state index >= 15 is 0 Å². The lowest BCUT2D eigenvalue weighted by Crippen LogP contribution is -2.42. The van der Waals surface area contributed by atoms with E-state index in [0.717, 1.165) is 36.9 Å². The summed E-state index contributed by atoms with van der Waals surface area (Å²) >= 11 is 0. The minimum atomic E-state index is -0.391. The first-order valence-corrected chi connectivity index (χ1v) is 9.44. The number of nitrogens with one attached hydrogen (secondary N) is 2. The Morgan fingerprint density at radius 2 is 1.81 bits per heavy atom. The molecular formula is C22H24N2O2. The summed E-state index contributed by atoms with van der Waals surface area (Å²) in [5, 5.41) is 6.12. The predicted octanol–water partition coefficient (Wildman–Crippen LogP) is 3.64. The lowest BCUT2D eigenvalue weighted by Gasteiger charge is -2.28. The summed E-state index contributed by atoms with van der Waals surface area (Å²) in [4.78, 5) is 25.0. The number of fused-ring (bicyclic) bond motifs is 1. The number of amides is 2. The fraction of sp³-hybridized carbons (Fsp3) is 0.364. The predicted molar refractivity (Wildman–Crippen MR) is 102 cm³/mol. The van der Waals surface area contributed by atoms with E-state index in [1.165, 1.54) is 5.56 Å². The second-order valence-electron chi connectivity index (χ2n) is 7.39. The number of carbonyl (C=O) groups excluding carboxylic acids is 2. The zero-order valence-corrected chi connectivity index (χ0v) is 14.8. The normalized spacial score (nSPS) is 24.6. The largest absolute Gasteiger partial charge is 0.353 e. The third kappa shape index (κ3) is 3.50. The van der Waals surface area contributed by atoms with Gasteiger partial charge in [-0.05, 0) is 42.4 Å². The van der Waals surface area contributed by atoms with Gasteiger partial charge in [0.1, 0.15) is 0 Å². The summed E-state index contributed by atoms with van der Waals surface area (Å²) in [6, 6.07) is 18.3. The van der Waals surface area contributed by atoms with Crippen LogP contribution in [0.3, 0.4) is 0 Å². The molecule has 1 aliphatic heterocycles. The molecule has 2 N–H and O–H groups in total. The molecule has 1 fully saturated rings. The first-order chi connectivity index (χ1) is 12.7. The van der Waals surface area contributed by atoms with Crippen molar-refractivity contribution in [3.8, 4) is 0 Å². The molecular weight excluding hydrogens is 324 g/mol. The number of anilines is 1. The van der Waals surface area contributed by atoms with E-state index in [0.29, 0.717) is 5.92 Å². The highest BCUT2D eigenvalue weighted by atomic mass is 16.2. The summed E-state index contributed by atoms with van der Waals surface area (Å²) in [6.07, 6.45) is 4.52. The van der Waals surface area contributed by atoms with E-state index < -0.39 is 5.92 Å². The molecule has 0 spiro atoms. The third-order valence-electron chi connectivity index (χ3n) is 5.64. The molecule has 134 valence electrons. The van der Waals surface area contributed by atoms with Crippen LogP contribution in [-0.2, 0) is 16.0 Å². The van der Waals surface area contributed by atoms with Gasteiger partial charge in [-0.25, -0.2) is 0 Å². The fourth-order valence-electron chi connectivity index (χ4n) is 4.32. The van der Waals surface area contributed by atoms with Gasteiger partial charge in [0.05, 0.1) is 5.92 Å². The number of hydrogen-bond acceptors (Lipinski definition) is 2. The maximum absolute atomic E-state index is 13.0. The van der Waals surface area contributed by atoms with Gasteiger partial charge in [-0.3, -0.25) is 9.59 Å². The Balaban J connectivity index is 1.46. The molecule has 3 atom stereocenters. The van der Waals surface area contributed by atoms with E-state index in [-0.39, 0.29) is 24.3 Å². The van der Waals surface area contributed by atoms with Crippen LogP contribution in [0.5, 0.6) is 0 Å². The van der Waals surface area contributed by atoms with Crippen LogP contribution >= 0.6 is 0 Å². The zero-order valence-electron chi connectivity index (χ0n) is 14.8. The fourth-order valence-corrected chi connectivity index (χ4v) is 4.32. The molecule has 0 saturated heterocycles. The van der Waals surface area contributed by atoms with Gasteiger partial charge in [0, 0.05) is 18.2 Å². The van der Waals surface area contributed by atoms with Crippen LogP contribution in [0.15, 0.2) is 54.6 Å². The van der Waals surface area contributed by atoms with Crippen molar-refractivity contribution in [2.75, 3.05) is 5.32 Å². The van der Waals surface area contributed by atoms with E-state index in [9.17, 15) is 9.59 Å². The van der Waals surface area contributed by atoms with E-state index in [2.05, 4.69) is 34.9 Å². The monoisotopic (exact) mass is 348 g/mol. The molecule has 26 heavy (non-hydrogen) atoms. The van der Waals surface area contributed by atoms with Crippen molar-refractivity contribution in [2.24, 2.45) is 5.92 Å². The van der Waals surface area contributed by atoms with Crippen LogP contribution < -0.4 is 10.6 Å². The number of rotatable bonds is 4. The topological polar surface area (TPSA) is 58.2 Å². The third-order valence-corrected chi connectivity index (χ3v) is 5.64. The first kappa shape index (κ1) is 16.8. The Morgan fingerprint density at radius 3 is 2.65 bits per heavy atom. The minimum absolute atomic E-state index is 0.0164. The number of benzene rings is 2. The second-order valence-corrected chi connectivity index (χ2v) is 7.39. The van der Waals surface area contributed by atoms with Gasteiger partial charge >= 0.3 is 0 Å². The van der Waals surface area contributed by atoms with Crippen LogP contribution in [0.1, 0.15) is 42.7 Å². The quantitative estimate of drug-likeness (QED) is 0.886. The van der Waals surface area contributed by atoms with E-state index in [1.807, 2.05) is 30.3 Å². The highest BCUT2D eigenvalue weighted by Crippen LogP contribution is 2.34.